The van der Waals surface area contributed by atoms with Crippen molar-refractivity contribution in [1.29, 1.82) is 0 Å². The summed E-state index contributed by atoms with van der Waals surface area (Å²) in [5.41, 5.74) is 1.29. The number of fused-ring (bicyclic) bond motifs is 1. The van der Waals surface area contributed by atoms with Crippen LogP contribution in [-0.4, -0.2) is 62.6 Å². The first-order valence-electron chi connectivity index (χ1n) is 11.7. The molecule has 1 aliphatic carbocycles. The van der Waals surface area contributed by atoms with Gasteiger partial charge in [0.1, 0.15) is 5.82 Å². The molecule has 2 aromatic rings. The zero-order chi connectivity index (χ0) is 20.3. The molecule has 0 radical (unpaired) electrons. The summed E-state index contributed by atoms with van der Waals surface area (Å²) < 4.78 is 2.26. The van der Waals surface area contributed by atoms with E-state index in [9.17, 15) is 0 Å². The van der Waals surface area contributed by atoms with Crippen molar-refractivity contribution < 1.29 is 0 Å². The predicted molar refractivity (Wildman–Crippen MR) is 144 cm³/mol. The Labute approximate surface area is 220 Å². The van der Waals surface area contributed by atoms with Gasteiger partial charge in [-0.25, -0.2) is 0 Å². The summed E-state index contributed by atoms with van der Waals surface area (Å²) in [4.78, 5) is 9.57. The zero-order valence-electron chi connectivity index (χ0n) is 19.3. The normalized spacial score (nSPS) is 22.9. The number of likely N-dealkylation sites (tertiary alicyclic amines) is 1. The van der Waals surface area contributed by atoms with Crippen LogP contribution in [0.1, 0.15) is 56.7 Å². The molecule has 0 amide bonds. The number of nitrogens with zero attached hydrogens (tertiary/aromatic N) is 6. The van der Waals surface area contributed by atoms with Gasteiger partial charge >= 0.3 is 0 Å². The van der Waals surface area contributed by atoms with E-state index in [1.54, 1.807) is 0 Å². The maximum Gasteiger partial charge on any atom is 0.190 e. The molecule has 3 fully saturated rings. The van der Waals surface area contributed by atoms with Gasteiger partial charge in [0.15, 0.2) is 5.16 Å². The Morgan fingerprint density at radius 1 is 1.03 bits per heavy atom. The van der Waals surface area contributed by atoms with Crippen molar-refractivity contribution in [2.45, 2.75) is 62.1 Å². The Hall–Kier alpha value is -0.730. The first-order valence-corrected chi connectivity index (χ1v) is 12.7. The lowest BCUT2D eigenvalue weighted by molar-refractivity contribution is 0.319. The van der Waals surface area contributed by atoms with Crippen molar-refractivity contribution in [2.75, 3.05) is 36.8 Å². The van der Waals surface area contributed by atoms with Gasteiger partial charge in [-0.1, -0.05) is 31.0 Å². The van der Waals surface area contributed by atoms with Crippen LogP contribution in [0.15, 0.2) is 29.7 Å². The second-order valence-electron chi connectivity index (χ2n) is 9.22. The molecular formula is C23H37Cl3N6S. The van der Waals surface area contributed by atoms with Crippen LogP contribution in [0.3, 0.4) is 0 Å². The van der Waals surface area contributed by atoms with Gasteiger partial charge in [0.25, 0.3) is 0 Å². The molecule has 3 aliphatic rings. The standard InChI is InChI=1S/C23H34N6S.3ClH/c1-27-22(18-7-3-2-4-8-18)25-26-23(27)30-14-6-12-28-16-19-10-13-29(21(19)17-28)20-9-5-11-24-15-20;;;/h5,9,11,15,18-19,21H,2-4,6-8,10,12-14,16-17H2,1H3;3*1H/t19-,21+;;;/m1.../s1. The number of aromatic nitrogens is 4. The summed E-state index contributed by atoms with van der Waals surface area (Å²) in [6.45, 7) is 4.82. The molecule has 0 bridgehead atoms. The van der Waals surface area contributed by atoms with Crippen molar-refractivity contribution in [3.63, 3.8) is 0 Å². The summed E-state index contributed by atoms with van der Waals surface area (Å²) in [6, 6.07) is 4.93. The van der Waals surface area contributed by atoms with Crippen LogP contribution in [0.4, 0.5) is 5.69 Å². The van der Waals surface area contributed by atoms with Crippen molar-refractivity contribution in [1.82, 2.24) is 24.6 Å². The lowest BCUT2D eigenvalue weighted by Gasteiger charge is -2.26. The quantitative estimate of drug-likeness (QED) is 0.358. The molecule has 2 aliphatic heterocycles. The molecule has 0 unspecified atom stereocenters. The molecule has 2 aromatic heterocycles. The van der Waals surface area contributed by atoms with E-state index in [1.165, 1.54) is 82.6 Å². The summed E-state index contributed by atoms with van der Waals surface area (Å²) in [7, 11) is 2.15. The zero-order valence-corrected chi connectivity index (χ0v) is 22.6. The summed E-state index contributed by atoms with van der Waals surface area (Å²) >= 11 is 1.88. The van der Waals surface area contributed by atoms with Crippen LogP contribution in [0, 0.1) is 5.92 Å². The third-order valence-corrected chi connectivity index (χ3v) is 8.40. The fourth-order valence-electron chi connectivity index (χ4n) is 5.70. The van der Waals surface area contributed by atoms with Gasteiger partial charge in [0.2, 0.25) is 0 Å². The highest BCUT2D eigenvalue weighted by Crippen LogP contribution is 2.35. The van der Waals surface area contributed by atoms with E-state index < -0.39 is 0 Å². The van der Waals surface area contributed by atoms with E-state index in [-0.39, 0.29) is 37.2 Å². The minimum atomic E-state index is 0. The number of anilines is 1. The monoisotopic (exact) mass is 534 g/mol. The number of hydrogen-bond acceptors (Lipinski definition) is 6. The Kier molecular flexibility index (Phi) is 11.6. The van der Waals surface area contributed by atoms with Gasteiger partial charge in [-0.2, -0.15) is 0 Å². The molecule has 0 N–H and O–H groups in total. The average molecular weight is 536 g/mol. The van der Waals surface area contributed by atoms with Gasteiger partial charge in [-0.15, -0.1) is 47.4 Å². The van der Waals surface area contributed by atoms with E-state index in [2.05, 4.69) is 48.7 Å². The van der Waals surface area contributed by atoms with Crippen LogP contribution in [-0.2, 0) is 7.05 Å². The number of halogens is 3. The summed E-state index contributed by atoms with van der Waals surface area (Å²) in [5, 5.41) is 10.1. The molecular weight excluding hydrogens is 499 g/mol. The molecule has 1 saturated carbocycles. The Morgan fingerprint density at radius 2 is 1.85 bits per heavy atom. The van der Waals surface area contributed by atoms with E-state index in [1.807, 2.05) is 24.2 Å². The number of pyridine rings is 1. The Balaban J connectivity index is 0.00000128. The minimum absolute atomic E-state index is 0. The highest BCUT2D eigenvalue weighted by atomic mass is 35.5. The molecule has 4 heterocycles. The van der Waals surface area contributed by atoms with Crippen molar-refractivity contribution in [2.24, 2.45) is 13.0 Å². The van der Waals surface area contributed by atoms with E-state index in [4.69, 9.17) is 0 Å². The molecule has 0 aromatic carbocycles. The van der Waals surface area contributed by atoms with E-state index in [0.717, 1.165) is 16.8 Å². The molecule has 33 heavy (non-hydrogen) atoms. The molecule has 0 spiro atoms. The van der Waals surface area contributed by atoms with Gasteiger partial charge in [0.05, 0.1) is 11.9 Å². The number of hydrogen-bond donors (Lipinski definition) is 0. The molecule has 10 heteroatoms. The molecule has 5 rings (SSSR count). The highest BCUT2D eigenvalue weighted by molar-refractivity contribution is 7.99. The third kappa shape index (κ3) is 6.49. The first kappa shape index (κ1) is 28.5. The van der Waals surface area contributed by atoms with Crippen molar-refractivity contribution in [3.05, 3.63) is 30.4 Å². The topological polar surface area (TPSA) is 50.1 Å². The summed E-state index contributed by atoms with van der Waals surface area (Å²) in [5.74, 6) is 3.77. The maximum atomic E-state index is 4.54. The van der Waals surface area contributed by atoms with E-state index >= 15 is 0 Å². The van der Waals surface area contributed by atoms with Crippen LogP contribution < -0.4 is 4.90 Å². The van der Waals surface area contributed by atoms with Crippen LogP contribution in [0.2, 0.25) is 0 Å². The minimum Gasteiger partial charge on any atom is -0.366 e. The van der Waals surface area contributed by atoms with Gasteiger partial charge in [0, 0.05) is 50.6 Å². The second kappa shape index (κ2) is 13.4. The Morgan fingerprint density at radius 3 is 2.61 bits per heavy atom. The van der Waals surface area contributed by atoms with Gasteiger partial charge in [-0.3, -0.25) is 4.98 Å². The van der Waals surface area contributed by atoms with Crippen LogP contribution in [0.5, 0.6) is 0 Å². The smallest absolute Gasteiger partial charge is 0.190 e. The fraction of sp³-hybridized carbons (Fsp3) is 0.696. The number of thioether (sulfide) groups is 1. The molecule has 2 atom stereocenters. The lowest BCUT2D eigenvalue weighted by Crippen LogP contribution is -2.35. The largest absolute Gasteiger partial charge is 0.366 e. The van der Waals surface area contributed by atoms with Crippen LogP contribution >= 0.6 is 49.0 Å². The Bertz CT molecular complexity index is 833. The van der Waals surface area contributed by atoms with Crippen molar-refractivity contribution in [3.8, 4) is 0 Å². The van der Waals surface area contributed by atoms with Crippen LogP contribution in [0.25, 0.3) is 0 Å². The second-order valence-corrected chi connectivity index (χ2v) is 10.3. The summed E-state index contributed by atoms with van der Waals surface area (Å²) in [6.07, 6.45) is 13.0. The van der Waals surface area contributed by atoms with Crippen molar-refractivity contribution >= 4 is 54.7 Å². The molecule has 186 valence electrons. The lowest BCUT2D eigenvalue weighted by atomic mass is 9.89. The third-order valence-electron chi connectivity index (χ3n) is 7.29. The fourth-order valence-corrected chi connectivity index (χ4v) is 6.54. The maximum absolute atomic E-state index is 4.54. The van der Waals surface area contributed by atoms with E-state index in [0.29, 0.717) is 12.0 Å². The first-order chi connectivity index (χ1) is 14.8. The highest BCUT2D eigenvalue weighted by Gasteiger charge is 2.41. The molecule has 6 nitrogen and oxygen atoms in total. The van der Waals surface area contributed by atoms with Gasteiger partial charge < -0.3 is 14.4 Å². The molecule has 2 saturated heterocycles. The SMILES string of the molecule is Cl.Cl.Cl.Cn1c(SCCCN2C[C@H]3CCN(c4cccnc4)[C@H]3C2)nnc1C1CCCCC1. The van der Waals surface area contributed by atoms with Gasteiger partial charge in [-0.05, 0) is 50.3 Å². The average Bonchev–Trinajstić information content (AvgIpc) is 3.47. The number of rotatable bonds is 7. The predicted octanol–water partition coefficient (Wildman–Crippen LogP) is 5.22.